The van der Waals surface area contributed by atoms with Crippen LogP contribution in [0.2, 0.25) is 0 Å². The Bertz CT molecular complexity index is 151. The van der Waals surface area contributed by atoms with Crippen molar-refractivity contribution < 1.29 is 0 Å². The smallest absolute Gasteiger partial charge is 0.00930 e. The van der Waals surface area contributed by atoms with Gasteiger partial charge in [0.2, 0.25) is 0 Å². The van der Waals surface area contributed by atoms with Crippen LogP contribution in [0, 0.1) is 11.3 Å². The second-order valence-corrected chi connectivity index (χ2v) is 5.44. The fourth-order valence-corrected chi connectivity index (χ4v) is 2.58. The summed E-state index contributed by atoms with van der Waals surface area (Å²) >= 11 is 0. The lowest BCUT2D eigenvalue weighted by Gasteiger charge is -2.39. The minimum absolute atomic E-state index is 0.587. The number of nitrogens with one attached hydrogen (secondary N) is 1. The van der Waals surface area contributed by atoms with Crippen molar-refractivity contribution in [3.05, 3.63) is 0 Å². The van der Waals surface area contributed by atoms with Gasteiger partial charge < -0.3 is 5.32 Å². The maximum atomic E-state index is 3.66. The van der Waals surface area contributed by atoms with Crippen LogP contribution in [0.1, 0.15) is 53.4 Å². The Balaban J connectivity index is 2.35. The van der Waals surface area contributed by atoms with E-state index in [0.717, 1.165) is 12.0 Å². The highest BCUT2D eigenvalue weighted by Crippen LogP contribution is 2.38. The molecular weight excluding hydrogens is 158 g/mol. The predicted octanol–water partition coefficient (Wildman–Crippen LogP) is 3.20. The van der Waals surface area contributed by atoms with Crippen LogP contribution < -0.4 is 5.32 Å². The minimum Gasteiger partial charge on any atom is -0.314 e. The van der Waals surface area contributed by atoms with E-state index in [0.29, 0.717) is 5.41 Å². The molecule has 1 N–H and O–H groups in total. The van der Waals surface area contributed by atoms with Gasteiger partial charge in [-0.25, -0.2) is 0 Å². The predicted molar refractivity (Wildman–Crippen MR) is 58.9 cm³/mol. The summed E-state index contributed by atoms with van der Waals surface area (Å²) in [6.45, 7) is 10.6. The first kappa shape index (κ1) is 11.0. The average Bonchev–Trinajstić information content (AvgIpc) is 2.02. The van der Waals surface area contributed by atoms with Crippen molar-refractivity contribution in [1.82, 2.24) is 5.32 Å². The van der Waals surface area contributed by atoms with Gasteiger partial charge in [-0.2, -0.15) is 0 Å². The zero-order chi connectivity index (χ0) is 9.90. The zero-order valence-corrected chi connectivity index (χ0v) is 9.69. The van der Waals surface area contributed by atoms with E-state index in [4.69, 9.17) is 0 Å². The molecule has 0 aromatic heterocycles. The lowest BCUT2D eigenvalue weighted by atomic mass is 9.70. The second-order valence-electron chi connectivity index (χ2n) is 5.44. The fourth-order valence-electron chi connectivity index (χ4n) is 2.58. The van der Waals surface area contributed by atoms with Crippen molar-refractivity contribution in [3.63, 3.8) is 0 Å². The van der Waals surface area contributed by atoms with Gasteiger partial charge in [0.1, 0.15) is 0 Å². The Labute approximate surface area is 83.3 Å². The molecule has 1 heteroatoms. The molecule has 1 fully saturated rings. The van der Waals surface area contributed by atoms with Gasteiger partial charge in [-0.1, -0.05) is 27.7 Å². The largest absolute Gasteiger partial charge is 0.314 e. The van der Waals surface area contributed by atoms with Gasteiger partial charge in [0.05, 0.1) is 0 Å². The molecule has 0 aromatic carbocycles. The molecule has 0 radical (unpaired) electrons. The molecular formula is C12H25N. The van der Waals surface area contributed by atoms with Gasteiger partial charge in [0, 0.05) is 6.04 Å². The van der Waals surface area contributed by atoms with Crippen molar-refractivity contribution in [1.29, 1.82) is 0 Å². The van der Waals surface area contributed by atoms with Crippen LogP contribution in [0.4, 0.5) is 0 Å². The molecule has 1 nitrogen and oxygen atoms in total. The molecule has 0 spiro atoms. The fraction of sp³-hybridized carbons (Fsp3) is 1.00. The van der Waals surface area contributed by atoms with Crippen molar-refractivity contribution in [2.75, 3.05) is 6.54 Å². The Morgan fingerprint density at radius 3 is 2.62 bits per heavy atom. The molecule has 0 heterocycles. The van der Waals surface area contributed by atoms with E-state index in [1.165, 1.54) is 32.2 Å². The third-order valence-electron chi connectivity index (χ3n) is 3.35. The van der Waals surface area contributed by atoms with Crippen LogP contribution in [-0.2, 0) is 0 Å². The second kappa shape index (κ2) is 4.45. The van der Waals surface area contributed by atoms with E-state index >= 15 is 0 Å². The van der Waals surface area contributed by atoms with Crippen molar-refractivity contribution in [2.45, 2.75) is 59.4 Å². The standard InChI is InChI=1S/C12H25N/c1-5-8-13-11-6-7-12(3,4)9-10(11)2/h10-11,13H,5-9H2,1-4H3. The van der Waals surface area contributed by atoms with Gasteiger partial charge >= 0.3 is 0 Å². The third kappa shape index (κ3) is 3.30. The highest BCUT2D eigenvalue weighted by molar-refractivity contribution is 4.86. The van der Waals surface area contributed by atoms with Crippen LogP contribution in [0.15, 0.2) is 0 Å². The molecule has 13 heavy (non-hydrogen) atoms. The SMILES string of the molecule is CCCNC1CCC(C)(C)CC1C. The molecule has 0 aliphatic heterocycles. The van der Waals surface area contributed by atoms with E-state index in [-0.39, 0.29) is 0 Å². The summed E-state index contributed by atoms with van der Waals surface area (Å²) in [5.74, 6) is 0.857. The summed E-state index contributed by atoms with van der Waals surface area (Å²) in [5.41, 5.74) is 0.587. The highest BCUT2D eigenvalue weighted by atomic mass is 14.9. The molecule has 78 valence electrons. The van der Waals surface area contributed by atoms with E-state index in [1.807, 2.05) is 0 Å². The van der Waals surface area contributed by atoms with Crippen molar-refractivity contribution in [2.24, 2.45) is 11.3 Å². The van der Waals surface area contributed by atoms with Gasteiger partial charge in [0.25, 0.3) is 0 Å². The monoisotopic (exact) mass is 183 g/mol. The highest BCUT2D eigenvalue weighted by Gasteiger charge is 2.31. The van der Waals surface area contributed by atoms with Crippen LogP contribution in [-0.4, -0.2) is 12.6 Å². The average molecular weight is 183 g/mol. The molecule has 0 bridgehead atoms. The number of rotatable bonds is 3. The number of hydrogen-bond donors (Lipinski definition) is 1. The summed E-state index contributed by atoms with van der Waals surface area (Å²) in [4.78, 5) is 0. The normalized spacial score (nSPS) is 33.2. The van der Waals surface area contributed by atoms with Gasteiger partial charge in [-0.05, 0) is 43.6 Å². The quantitative estimate of drug-likeness (QED) is 0.708. The summed E-state index contributed by atoms with van der Waals surface area (Å²) < 4.78 is 0. The summed E-state index contributed by atoms with van der Waals surface area (Å²) in [7, 11) is 0. The molecule has 1 aliphatic rings. The van der Waals surface area contributed by atoms with Crippen molar-refractivity contribution >= 4 is 0 Å². The zero-order valence-electron chi connectivity index (χ0n) is 9.69. The van der Waals surface area contributed by atoms with E-state index in [2.05, 4.69) is 33.0 Å². The first-order valence-electron chi connectivity index (χ1n) is 5.78. The van der Waals surface area contributed by atoms with Crippen LogP contribution >= 0.6 is 0 Å². The minimum atomic E-state index is 0.587. The van der Waals surface area contributed by atoms with Gasteiger partial charge in [0.15, 0.2) is 0 Å². The first-order chi connectivity index (χ1) is 6.05. The number of hydrogen-bond acceptors (Lipinski definition) is 1. The molecule has 2 atom stereocenters. The summed E-state index contributed by atoms with van der Waals surface area (Å²) in [5, 5.41) is 3.66. The molecule has 0 aromatic rings. The Morgan fingerprint density at radius 2 is 2.08 bits per heavy atom. The van der Waals surface area contributed by atoms with Crippen molar-refractivity contribution in [3.8, 4) is 0 Å². The van der Waals surface area contributed by atoms with Gasteiger partial charge in [-0.3, -0.25) is 0 Å². The molecule has 1 rings (SSSR count). The molecule has 1 saturated carbocycles. The Kier molecular flexibility index (Phi) is 3.78. The van der Waals surface area contributed by atoms with E-state index in [1.54, 1.807) is 0 Å². The molecule has 2 unspecified atom stereocenters. The molecule has 1 aliphatic carbocycles. The molecule has 0 saturated heterocycles. The van der Waals surface area contributed by atoms with Crippen LogP contribution in [0.5, 0.6) is 0 Å². The van der Waals surface area contributed by atoms with Crippen LogP contribution in [0.25, 0.3) is 0 Å². The Hall–Kier alpha value is -0.0400. The third-order valence-corrected chi connectivity index (χ3v) is 3.35. The first-order valence-corrected chi connectivity index (χ1v) is 5.78. The van der Waals surface area contributed by atoms with E-state index < -0.39 is 0 Å². The summed E-state index contributed by atoms with van der Waals surface area (Å²) in [6.07, 6.45) is 5.40. The van der Waals surface area contributed by atoms with Gasteiger partial charge in [-0.15, -0.1) is 0 Å². The molecule has 0 amide bonds. The van der Waals surface area contributed by atoms with E-state index in [9.17, 15) is 0 Å². The maximum Gasteiger partial charge on any atom is 0.00930 e. The topological polar surface area (TPSA) is 12.0 Å². The Morgan fingerprint density at radius 1 is 1.38 bits per heavy atom. The summed E-state index contributed by atoms with van der Waals surface area (Å²) in [6, 6.07) is 0.785. The van der Waals surface area contributed by atoms with Crippen LogP contribution in [0.3, 0.4) is 0 Å². The maximum absolute atomic E-state index is 3.66. The lowest BCUT2D eigenvalue weighted by Crippen LogP contribution is -2.41. The lowest BCUT2D eigenvalue weighted by molar-refractivity contribution is 0.149.